The maximum absolute atomic E-state index is 9.66. The molecular formula is C14H27NO. The van der Waals surface area contributed by atoms with Crippen molar-refractivity contribution in [1.82, 2.24) is 0 Å². The van der Waals surface area contributed by atoms with Crippen LogP contribution < -0.4 is 5.73 Å². The summed E-state index contributed by atoms with van der Waals surface area (Å²) in [5.74, 6) is 0.727. The van der Waals surface area contributed by atoms with E-state index in [1.54, 1.807) is 0 Å². The molecule has 0 bridgehead atoms. The zero-order valence-corrected chi connectivity index (χ0v) is 11.2. The Hall–Kier alpha value is -0.0800. The van der Waals surface area contributed by atoms with E-state index in [1.807, 2.05) is 0 Å². The van der Waals surface area contributed by atoms with E-state index < -0.39 is 0 Å². The molecule has 0 aliphatic heterocycles. The average Bonchev–Trinajstić information content (AvgIpc) is 2.61. The van der Waals surface area contributed by atoms with Crippen LogP contribution in [0.3, 0.4) is 0 Å². The molecule has 0 aromatic heterocycles. The molecule has 94 valence electrons. The normalized spacial score (nSPS) is 42.0. The molecule has 3 N–H and O–H groups in total. The van der Waals surface area contributed by atoms with E-state index in [0.29, 0.717) is 16.2 Å². The van der Waals surface area contributed by atoms with Gasteiger partial charge in [0.1, 0.15) is 0 Å². The van der Waals surface area contributed by atoms with Crippen LogP contribution in [0.25, 0.3) is 0 Å². The summed E-state index contributed by atoms with van der Waals surface area (Å²) < 4.78 is 0. The Balaban J connectivity index is 2.19. The van der Waals surface area contributed by atoms with Crippen LogP contribution in [0, 0.1) is 22.2 Å². The molecule has 0 aromatic rings. The minimum absolute atomic E-state index is 0.0790. The van der Waals surface area contributed by atoms with Gasteiger partial charge in [0.15, 0.2) is 0 Å². The van der Waals surface area contributed by atoms with Gasteiger partial charge in [-0.1, -0.05) is 27.7 Å². The van der Waals surface area contributed by atoms with Crippen molar-refractivity contribution in [3.8, 4) is 0 Å². The first-order valence-electron chi connectivity index (χ1n) is 6.66. The Morgan fingerprint density at radius 1 is 1.06 bits per heavy atom. The van der Waals surface area contributed by atoms with Gasteiger partial charge in [0.25, 0.3) is 0 Å². The van der Waals surface area contributed by atoms with Crippen molar-refractivity contribution < 1.29 is 5.11 Å². The zero-order chi connectivity index (χ0) is 12.2. The van der Waals surface area contributed by atoms with Crippen LogP contribution in [0.4, 0.5) is 0 Å². The molecule has 16 heavy (non-hydrogen) atoms. The highest BCUT2D eigenvalue weighted by atomic mass is 16.3. The SMILES string of the molecule is CC1(C)C(C2(CN)CCC(O)CC2)C1(C)C. The zero-order valence-electron chi connectivity index (χ0n) is 11.2. The van der Waals surface area contributed by atoms with Crippen molar-refractivity contribution in [1.29, 1.82) is 0 Å². The van der Waals surface area contributed by atoms with Gasteiger partial charge < -0.3 is 10.8 Å². The first-order valence-corrected chi connectivity index (χ1v) is 6.66. The maximum Gasteiger partial charge on any atom is 0.0540 e. The first-order chi connectivity index (χ1) is 7.28. The molecule has 2 rings (SSSR count). The molecule has 0 atom stereocenters. The number of nitrogens with two attached hydrogens (primary N) is 1. The minimum Gasteiger partial charge on any atom is -0.393 e. The molecule has 2 nitrogen and oxygen atoms in total. The van der Waals surface area contributed by atoms with E-state index in [0.717, 1.165) is 38.1 Å². The summed E-state index contributed by atoms with van der Waals surface area (Å²) in [5, 5.41) is 9.66. The van der Waals surface area contributed by atoms with Crippen LogP contribution in [0.1, 0.15) is 53.4 Å². The van der Waals surface area contributed by atoms with Crippen molar-refractivity contribution in [3.63, 3.8) is 0 Å². The predicted molar refractivity (Wildman–Crippen MR) is 67.0 cm³/mol. The van der Waals surface area contributed by atoms with Gasteiger partial charge >= 0.3 is 0 Å². The Bertz CT molecular complexity index is 260. The summed E-state index contributed by atoms with van der Waals surface area (Å²) in [7, 11) is 0. The van der Waals surface area contributed by atoms with Crippen LogP contribution >= 0.6 is 0 Å². The van der Waals surface area contributed by atoms with Crippen molar-refractivity contribution in [2.75, 3.05) is 6.54 Å². The van der Waals surface area contributed by atoms with E-state index in [1.165, 1.54) is 0 Å². The number of rotatable bonds is 2. The molecule has 2 heteroatoms. The third-order valence-electron chi connectivity index (χ3n) is 5.99. The maximum atomic E-state index is 9.66. The van der Waals surface area contributed by atoms with Crippen molar-refractivity contribution >= 4 is 0 Å². The highest BCUT2D eigenvalue weighted by Gasteiger charge is 2.71. The molecule has 2 aliphatic carbocycles. The van der Waals surface area contributed by atoms with E-state index in [4.69, 9.17) is 5.73 Å². The summed E-state index contributed by atoms with van der Waals surface area (Å²) in [5.41, 5.74) is 7.21. The van der Waals surface area contributed by atoms with Gasteiger partial charge in [-0.05, 0) is 54.4 Å². The second kappa shape index (κ2) is 3.46. The second-order valence-electron chi connectivity index (χ2n) is 7.17. The van der Waals surface area contributed by atoms with E-state index in [2.05, 4.69) is 27.7 Å². The van der Waals surface area contributed by atoms with Gasteiger partial charge in [-0.15, -0.1) is 0 Å². The summed E-state index contributed by atoms with van der Waals surface area (Å²) in [4.78, 5) is 0. The van der Waals surface area contributed by atoms with E-state index in [9.17, 15) is 5.11 Å². The quantitative estimate of drug-likeness (QED) is 0.758. The smallest absolute Gasteiger partial charge is 0.0540 e. The van der Waals surface area contributed by atoms with Gasteiger partial charge in [-0.25, -0.2) is 0 Å². The number of hydrogen-bond acceptors (Lipinski definition) is 2. The summed E-state index contributed by atoms with van der Waals surface area (Å²) in [6.07, 6.45) is 4.04. The summed E-state index contributed by atoms with van der Waals surface area (Å²) in [6.45, 7) is 10.3. The lowest BCUT2D eigenvalue weighted by Crippen LogP contribution is -2.40. The van der Waals surface area contributed by atoms with Gasteiger partial charge in [0.2, 0.25) is 0 Å². The van der Waals surface area contributed by atoms with Crippen molar-refractivity contribution in [2.45, 2.75) is 59.5 Å². The standard InChI is InChI=1S/C14H27NO/c1-12(2)11(13(12,3)4)14(9-15)7-5-10(16)6-8-14/h10-11,16H,5-9,15H2,1-4H3. The van der Waals surface area contributed by atoms with Crippen molar-refractivity contribution in [2.24, 2.45) is 27.9 Å². The molecule has 2 saturated carbocycles. The Morgan fingerprint density at radius 3 is 1.81 bits per heavy atom. The highest BCUT2D eigenvalue weighted by molar-refractivity contribution is 5.19. The number of aliphatic hydroxyl groups is 1. The van der Waals surface area contributed by atoms with Gasteiger partial charge in [-0.2, -0.15) is 0 Å². The van der Waals surface area contributed by atoms with Gasteiger partial charge in [-0.3, -0.25) is 0 Å². The third-order valence-corrected chi connectivity index (χ3v) is 5.99. The van der Waals surface area contributed by atoms with Gasteiger partial charge in [0, 0.05) is 0 Å². The minimum atomic E-state index is -0.0790. The fourth-order valence-corrected chi connectivity index (χ4v) is 4.52. The van der Waals surface area contributed by atoms with Crippen LogP contribution in [0.15, 0.2) is 0 Å². The fourth-order valence-electron chi connectivity index (χ4n) is 4.52. The largest absolute Gasteiger partial charge is 0.393 e. The lowest BCUT2D eigenvalue weighted by molar-refractivity contribution is 0.0427. The average molecular weight is 225 g/mol. The van der Waals surface area contributed by atoms with Crippen molar-refractivity contribution in [3.05, 3.63) is 0 Å². The first kappa shape index (κ1) is 12.4. The molecule has 0 aromatic carbocycles. The summed E-state index contributed by atoms with van der Waals surface area (Å²) in [6, 6.07) is 0. The molecule has 0 spiro atoms. The van der Waals surface area contributed by atoms with E-state index >= 15 is 0 Å². The Morgan fingerprint density at radius 2 is 1.50 bits per heavy atom. The molecule has 0 heterocycles. The Kier molecular flexibility index (Phi) is 2.67. The molecular weight excluding hydrogens is 198 g/mol. The molecule has 0 radical (unpaired) electrons. The van der Waals surface area contributed by atoms with E-state index in [-0.39, 0.29) is 6.10 Å². The van der Waals surface area contributed by atoms with Gasteiger partial charge in [0.05, 0.1) is 6.10 Å². The lowest BCUT2D eigenvalue weighted by Gasteiger charge is -2.40. The van der Waals surface area contributed by atoms with Crippen LogP contribution in [0.2, 0.25) is 0 Å². The molecule has 2 fully saturated rings. The number of hydrogen-bond donors (Lipinski definition) is 2. The molecule has 0 saturated heterocycles. The number of aliphatic hydroxyl groups excluding tert-OH is 1. The monoisotopic (exact) mass is 225 g/mol. The predicted octanol–water partition coefficient (Wildman–Crippen LogP) is 2.55. The van der Waals surface area contributed by atoms with Crippen LogP contribution in [-0.4, -0.2) is 17.8 Å². The topological polar surface area (TPSA) is 46.2 Å². The highest BCUT2D eigenvalue weighted by Crippen LogP contribution is 2.76. The van der Waals surface area contributed by atoms with Crippen LogP contribution in [-0.2, 0) is 0 Å². The third kappa shape index (κ3) is 1.46. The molecule has 2 aliphatic rings. The molecule has 0 amide bonds. The Labute approximate surface area is 99.6 Å². The lowest BCUT2D eigenvalue weighted by atomic mass is 9.67. The fraction of sp³-hybridized carbons (Fsp3) is 1.00. The molecule has 0 unspecified atom stereocenters. The second-order valence-corrected chi connectivity index (χ2v) is 7.17. The van der Waals surface area contributed by atoms with Crippen LogP contribution in [0.5, 0.6) is 0 Å². The summed E-state index contributed by atoms with van der Waals surface area (Å²) >= 11 is 0.